The molecule has 5 rings (SSSR count). The van der Waals surface area contributed by atoms with Crippen LogP contribution < -0.4 is 10.6 Å². The average Bonchev–Trinajstić information content (AvgIpc) is 3.57. The first-order valence-electron chi connectivity index (χ1n) is 15.5. The number of carbonyl (C=O) groups excluding carboxylic acids is 2. The number of rotatable bonds is 8. The third-order valence-corrected chi connectivity index (χ3v) is 9.64. The van der Waals surface area contributed by atoms with Crippen LogP contribution in [-0.4, -0.2) is 39.0 Å². The van der Waals surface area contributed by atoms with Gasteiger partial charge in [-0.1, -0.05) is 26.2 Å². The molecule has 0 atom stereocenters. The Bertz CT molecular complexity index is 1350. The van der Waals surface area contributed by atoms with E-state index in [-0.39, 0.29) is 34.7 Å². The van der Waals surface area contributed by atoms with Crippen molar-refractivity contribution in [3.8, 4) is 11.3 Å². The number of nitrogens with zero attached hydrogens (tertiary/aromatic N) is 1. The monoisotopic (exact) mass is 561 g/mol. The topological polar surface area (TPSA) is 100 Å². The third kappa shape index (κ3) is 6.24. The molecule has 0 saturated heterocycles. The second-order valence-corrected chi connectivity index (χ2v) is 14.3. The van der Waals surface area contributed by atoms with Crippen molar-refractivity contribution in [2.24, 2.45) is 11.8 Å². The summed E-state index contributed by atoms with van der Waals surface area (Å²) >= 11 is 0. The SMILES string of the molecule is Cc1c(C(=O)NC2CC(C(=O)O)C2)c(C)n(CC2CCCCC2)c1-c1cc(C(=O)NC(C)(C)C)cc(C2(C)CC2)c1. The molecule has 7 heteroatoms. The molecule has 1 heterocycles. The van der Waals surface area contributed by atoms with Crippen LogP contribution in [-0.2, 0) is 16.8 Å². The third-order valence-electron chi connectivity index (χ3n) is 9.64. The molecule has 0 aliphatic heterocycles. The molecule has 0 bridgehead atoms. The predicted molar refractivity (Wildman–Crippen MR) is 161 cm³/mol. The van der Waals surface area contributed by atoms with E-state index in [9.17, 15) is 19.5 Å². The number of aromatic nitrogens is 1. The predicted octanol–water partition coefficient (Wildman–Crippen LogP) is 6.53. The number of nitrogens with one attached hydrogen (secondary N) is 2. The summed E-state index contributed by atoms with van der Waals surface area (Å²) in [5, 5.41) is 15.5. The molecule has 3 N–H and O–H groups in total. The van der Waals surface area contributed by atoms with Gasteiger partial charge >= 0.3 is 5.97 Å². The molecule has 0 unspecified atom stereocenters. The van der Waals surface area contributed by atoms with Gasteiger partial charge in [0.1, 0.15) is 0 Å². The van der Waals surface area contributed by atoms with Crippen LogP contribution in [0.25, 0.3) is 11.3 Å². The van der Waals surface area contributed by atoms with E-state index in [1.54, 1.807) is 0 Å². The maximum absolute atomic E-state index is 13.7. The van der Waals surface area contributed by atoms with E-state index < -0.39 is 5.97 Å². The van der Waals surface area contributed by atoms with Crippen LogP contribution in [0, 0.1) is 25.7 Å². The molecule has 3 fully saturated rings. The number of benzene rings is 1. The lowest BCUT2D eigenvalue weighted by molar-refractivity contribution is -0.145. The van der Waals surface area contributed by atoms with Crippen molar-refractivity contribution in [3.05, 3.63) is 46.1 Å². The summed E-state index contributed by atoms with van der Waals surface area (Å²) in [5.41, 5.74) is 6.10. The summed E-state index contributed by atoms with van der Waals surface area (Å²) in [6, 6.07) is 6.18. The van der Waals surface area contributed by atoms with Crippen molar-refractivity contribution in [2.45, 2.75) is 123 Å². The van der Waals surface area contributed by atoms with Gasteiger partial charge in [0.25, 0.3) is 11.8 Å². The largest absolute Gasteiger partial charge is 0.481 e. The van der Waals surface area contributed by atoms with Gasteiger partial charge in [0.05, 0.1) is 17.2 Å². The van der Waals surface area contributed by atoms with E-state index in [1.807, 2.05) is 40.7 Å². The van der Waals surface area contributed by atoms with Crippen molar-refractivity contribution < 1.29 is 19.5 Å². The van der Waals surface area contributed by atoms with E-state index >= 15 is 0 Å². The number of hydrogen-bond donors (Lipinski definition) is 3. The maximum atomic E-state index is 13.7. The summed E-state index contributed by atoms with van der Waals surface area (Å²) in [4.78, 5) is 38.4. The zero-order valence-electron chi connectivity index (χ0n) is 25.7. The summed E-state index contributed by atoms with van der Waals surface area (Å²) in [5.74, 6) is -0.828. The first kappa shape index (κ1) is 29.4. The first-order chi connectivity index (χ1) is 19.3. The van der Waals surface area contributed by atoms with Gasteiger partial charge in [-0.2, -0.15) is 0 Å². The van der Waals surface area contributed by atoms with Crippen LogP contribution in [0.3, 0.4) is 0 Å². The Morgan fingerprint density at radius 3 is 2.24 bits per heavy atom. The van der Waals surface area contributed by atoms with Crippen LogP contribution >= 0.6 is 0 Å². The average molecular weight is 562 g/mol. The van der Waals surface area contributed by atoms with Crippen LogP contribution in [0.4, 0.5) is 0 Å². The quantitative estimate of drug-likeness (QED) is 0.341. The standard InChI is InChI=1S/C34H47N3O4/c1-20-28(31(39)35-27-17-25(18-27)32(40)41)21(2)37(19-22-10-8-7-9-11-22)29(20)23-14-24(30(38)36-33(3,4)5)16-26(15-23)34(6)12-13-34/h14-16,22,25,27H,7-13,17-19H2,1-6H3,(H,35,39)(H,36,38)(H,40,41). The molecule has 2 aromatic rings. The summed E-state index contributed by atoms with van der Waals surface area (Å²) < 4.78 is 2.33. The zero-order valence-corrected chi connectivity index (χ0v) is 25.7. The van der Waals surface area contributed by atoms with E-state index in [0.29, 0.717) is 29.9 Å². The van der Waals surface area contributed by atoms with Crippen LogP contribution in [0.2, 0.25) is 0 Å². The minimum Gasteiger partial charge on any atom is -0.481 e. The lowest BCUT2D eigenvalue weighted by atomic mass is 9.80. The van der Waals surface area contributed by atoms with Crippen molar-refractivity contribution in [3.63, 3.8) is 0 Å². The van der Waals surface area contributed by atoms with Gasteiger partial charge in [0.2, 0.25) is 0 Å². The molecular weight excluding hydrogens is 514 g/mol. The fourth-order valence-corrected chi connectivity index (χ4v) is 6.79. The summed E-state index contributed by atoms with van der Waals surface area (Å²) in [6.07, 6.45) is 9.29. The second kappa shape index (κ2) is 11.0. The number of carboxylic acid groups (broad SMARTS) is 1. The Labute approximate surface area is 244 Å². The highest BCUT2D eigenvalue weighted by Crippen LogP contribution is 2.49. The molecular formula is C34H47N3O4. The molecule has 1 aromatic carbocycles. The fraction of sp³-hybridized carbons (Fsp3) is 0.618. The highest BCUT2D eigenvalue weighted by Gasteiger charge is 2.40. The second-order valence-electron chi connectivity index (χ2n) is 14.3. The van der Waals surface area contributed by atoms with Crippen LogP contribution in [0.15, 0.2) is 18.2 Å². The highest BCUT2D eigenvalue weighted by atomic mass is 16.4. The zero-order chi connectivity index (χ0) is 29.7. The van der Waals surface area contributed by atoms with Gasteiger partial charge in [-0.3, -0.25) is 14.4 Å². The molecule has 0 radical (unpaired) electrons. The van der Waals surface area contributed by atoms with E-state index in [4.69, 9.17) is 0 Å². The van der Waals surface area contributed by atoms with Crippen LogP contribution in [0.5, 0.6) is 0 Å². The van der Waals surface area contributed by atoms with E-state index in [0.717, 1.165) is 41.9 Å². The molecule has 1 aromatic heterocycles. The van der Waals surface area contributed by atoms with Gasteiger partial charge in [-0.15, -0.1) is 0 Å². The minimum absolute atomic E-state index is 0.0711. The van der Waals surface area contributed by atoms with Crippen LogP contribution in [0.1, 0.15) is 123 Å². The van der Waals surface area contributed by atoms with Gasteiger partial charge < -0.3 is 20.3 Å². The Hall–Kier alpha value is -3.09. The fourth-order valence-electron chi connectivity index (χ4n) is 6.79. The number of aliphatic carboxylic acids is 1. The Balaban J connectivity index is 1.57. The minimum atomic E-state index is -0.792. The number of hydrogen-bond acceptors (Lipinski definition) is 3. The molecule has 41 heavy (non-hydrogen) atoms. The Morgan fingerprint density at radius 2 is 1.66 bits per heavy atom. The van der Waals surface area contributed by atoms with Crippen molar-refractivity contribution in [1.29, 1.82) is 0 Å². The lowest BCUT2D eigenvalue weighted by Crippen LogP contribution is -2.46. The Kier molecular flexibility index (Phi) is 7.86. The van der Waals surface area contributed by atoms with Gasteiger partial charge in [-0.05, 0) is 119 Å². The van der Waals surface area contributed by atoms with E-state index in [1.165, 1.54) is 37.7 Å². The van der Waals surface area contributed by atoms with Crippen molar-refractivity contribution in [2.75, 3.05) is 0 Å². The first-order valence-corrected chi connectivity index (χ1v) is 15.5. The molecule has 2 amide bonds. The smallest absolute Gasteiger partial charge is 0.306 e. The van der Waals surface area contributed by atoms with Crippen molar-refractivity contribution in [1.82, 2.24) is 15.2 Å². The molecule has 0 spiro atoms. The summed E-state index contributed by atoms with van der Waals surface area (Å²) in [6.45, 7) is 13.2. The Morgan fingerprint density at radius 1 is 1.00 bits per heavy atom. The number of carbonyl (C=O) groups is 3. The molecule has 7 nitrogen and oxygen atoms in total. The molecule has 3 aliphatic rings. The lowest BCUT2D eigenvalue weighted by Gasteiger charge is -2.32. The van der Waals surface area contributed by atoms with Gasteiger partial charge in [0, 0.05) is 29.4 Å². The molecule has 222 valence electrons. The van der Waals surface area contributed by atoms with Crippen molar-refractivity contribution >= 4 is 17.8 Å². The number of carboxylic acids is 1. The normalized spacial score (nSPS) is 22.1. The maximum Gasteiger partial charge on any atom is 0.306 e. The number of amides is 2. The molecule has 3 aliphatic carbocycles. The summed E-state index contributed by atoms with van der Waals surface area (Å²) in [7, 11) is 0. The highest BCUT2D eigenvalue weighted by molar-refractivity contribution is 6.00. The molecule has 3 saturated carbocycles. The van der Waals surface area contributed by atoms with E-state index in [2.05, 4.69) is 34.3 Å². The van der Waals surface area contributed by atoms with Gasteiger partial charge in [-0.25, -0.2) is 0 Å². The van der Waals surface area contributed by atoms with Gasteiger partial charge in [0.15, 0.2) is 0 Å².